The van der Waals surface area contributed by atoms with Gasteiger partial charge in [-0.2, -0.15) is 5.10 Å². The van der Waals surface area contributed by atoms with Gasteiger partial charge in [0, 0.05) is 23.5 Å². The minimum absolute atomic E-state index is 0.156. The summed E-state index contributed by atoms with van der Waals surface area (Å²) in [5.41, 5.74) is 2.99. The number of hydrazone groups is 1. The normalized spacial score (nSPS) is 25.7. The van der Waals surface area contributed by atoms with Gasteiger partial charge in [0.2, 0.25) is 11.8 Å². The minimum atomic E-state index is -1.30. The molecule has 1 aliphatic heterocycles. The van der Waals surface area contributed by atoms with Crippen LogP contribution in [-0.4, -0.2) is 46.8 Å². The van der Waals surface area contributed by atoms with Gasteiger partial charge in [0.25, 0.3) is 11.8 Å². The van der Waals surface area contributed by atoms with E-state index in [0.29, 0.717) is 11.6 Å². The molecular weight excluding hydrogens is 454 g/mol. The lowest BCUT2D eigenvalue weighted by atomic mass is 9.92. The first-order valence-corrected chi connectivity index (χ1v) is 11.4. The van der Waals surface area contributed by atoms with Crippen molar-refractivity contribution in [1.29, 1.82) is 0 Å². The van der Waals surface area contributed by atoms with Crippen molar-refractivity contribution in [2.24, 2.45) is 22.9 Å². The van der Waals surface area contributed by atoms with Crippen LogP contribution in [0.4, 0.5) is 10.5 Å². The number of nitrogens with zero attached hydrogens (tertiary/aromatic N) is 2. The first-order valence-electron chi connectivity index (χ1n) is 11.4. The molecule has 2 aliphatic carbocycles. The zero-order valence-corrected chi connectivity index (χ0v) is 18.6. The van der Waals surface area contributed by atoms with Crippen molar-refractivity contribution in [2.75, 3.05) is 5.32 Å². The highest BCUT2D eigenvalue weighted by Gasteiger charge is 2.50. The number of furan rings is 1. The fraction of sp³-hybridized carbons (Fsp3) is 0.333. The van der Waals surface area contributed by atoms with Crippen molar-refractivity contribution >= 4 is 41.6 Å². The number of barbiturate groups is 1. The molecule has 2 aromatic rings. The SMILES string of the molecule is O=C(N/N=C\[C@H]1C(=O)NC(=O)N([C@H]2C[C@H]3CC[C@H]2C3)C1=O)c1ccc(NC(=O)c2ccco2)cc1. The zero-order valence-electron chi connectivity index (χ0n) is 18.6. The fourth-order valence-corrected chi connectivity index (χ4v) is 5.12. The van der Waals surface area contributed by atoms with E-state index >= 15 is 0 Å². The quantitative estimate of drug-likeness (QED) is 0.330. The summed E-state index contributed by atoms with van der Waals surface area (Å²) in [6.45, 7) is 0. The number of urea groups is 1. The standard InChI is InChI=1S/C24H23N5O6/c30-20(14-5-7-16(8-6-14)26-22(32)19-2-1-9-35-19)28-25-12-17-21(31)27-24(34)29(23(17)33)18-11-13-3-4-15(18)10-13/h1-2,5-9,12-13,15,17-18H,3-4,10-11H2,(H,26,32)(H,28,30)(H,27,31,34)/b25-12-/t13-,15-,17-,18-/m0/s1. The van der Waals surface area contributed by atoms with Gasteiger partial charge in [-0.15, -0.1) is 0 Å². The second-order valence-corrected chi connectivity index (χ2v) is 8.95. The third-order valence-corrected chi connectivity index (χ3v) is 6.81. The summed E-state index contributed by atoms with van der Waals surface area (Å²) in [4.78, 5) is 63.2. The van der Waals surface area contributed by atoms with E-state index in [-0.39, 0.29) is 23.3 Å². The number of imide groups is 2. The molecule has 35 heavy (non-hydrogen) atoms. The number of rotatable bonds is 6. The Bertz CT molecular complexity index is 1210. The third kappa shape index (κ3) is 4.44. The Morgan fingerprint density at radius 3 is 2.51 bits per heavy atom. The fourth-order valence-electron chi connectivity index (χ4n) is 5.12. The van der Waals surface area contributed by atoms with Crippen LogP contribution in [-0.2, 0) is 9.59 Å². The summed E-state index contributed by atoms with van der Waals surface area (Å²) in [5, 5.41) is 8.65. The van der Waals surface area contributed by atoms with Gasteiger partial charge in [-0.1, -0.05) is 6.42 Å². The maximum atomic E-state index is 13.0. The number of nitrogens with one attached hydrogen (secondary N) is 3. The molecule has 3 aliphatic rings. The van der Waals surface area contributed by atoms with Crippen LogP contribution in [0.1, 0.15) is 46.6 Å². The first-order chi connectivity index (χ1) is 16.9. The number of carbonyl (C=O) groups is 5. The molecule has 2 saturated carbocycles. The highest BCUT2D eigenvalue weighted by atomic mass is 16.3. The Morgan fingerprint density at radius 1 is 1.06 bits per heavy atom. The van der Waals surface area contributed by atoms with Gasteiger partial charge in [0.1, 0.15) is 0 Å². The largest absolute Gasteiger partial charge is 0.459 e. The van der Waals surface area contributed by atoms with E-state index in [2.05, 4.69) is 21.2 Å². The molecule has 1 aromatic carbocycles. The van der Waals surface area contributed by atoms with Gasteiger partial charge < -0.3 is 9.73 Å². The Kier molecular flexibility index (Phi) is 5.89. The number of benzene rings is 1. The van der Waals surface area contributed by atoms with E-state index in [4.69, 9.17) is 4.42 Å². The van der Waals surface area contributed by atoms with E-state index in [9.17, 15) is 24.0 Å². The van der Waals surface area contributed by atoms with Gasteiger partial charge in [0.05, 0.1) is 6.26 Å². The molecule has 3 fully saturated rings. The average molecular weight is 477 g/mol. The second-order valence-electron chi connectivity index (χ2n) is 8.95. The molecule has 1 aromatic heterocycles. The third-order valence-electron chi connectivity index (χ3n) is 6.81. The number of hydrogen-bond acceptors (Lipinski definition) is 7. The maximum absolute atomic E-state index is 13.0. The molecule has 2 heterocycles. The molecule has 2 bridgehead atoms. The van der Waals surface area contributed by atoms with Crippen LogP contribution in [0.3, 0.4) is 0 Å². The Balaban J connectivity index is 1.19. The molecule has 11 nitrogen and oxygen atoms in total. The van der Waals surface area contributed by atoms with Gasteiger partial charge in [-0.3, -0.25) is 29.4 Å². The van der Waals surface area contributed by atoms with Gasteiger partial charge >= 0.3 is 6.03 Å². The van der Waals surface area contributed by atoms with Crippen LogP contribution in [0, 0.1) is 17.8 Å². The molecular formula is C24H23N5O6. The Hall–Kier alpha value is -4.28. The number of hydrogen-bond donors (Lipinski definition) is 3. The van der Waals surface area contributed by atoms with Gasteiger partial charge in [-0.25, -0.2) is 10.2 Å². The highest BCUT2D eigenvalue weighted by molar-refractivity contribution is 6.23. The van der Waals surface area contributed by atoms with Crippen molar-refractivity contribution in [3.05, 3.63) is 54.0 Å². The smallest absolute Gasteiger partial charge is 0.331 e. The van der Waals surface area contributed by atoms with E-state index in [1.807, 2.05) is 0 Å². The molecule has 0 spiro atoms. The van der Waals surface area contributed by atoms with Crippen molar-refractivity contribution in [3.8, 4) is 0 Å². The predicted octanol–water partition coefficient (Wildman–Crippen LogP) is 2.13. The number of fused-ring (bicyclic) bond motifs is 2. The zero-order chi connectivity index (χ0) is 24.5. The van der Waals surface area contributed by atoms with Crippen molar-refractivity contribution < 1.29 is 28.4 Å². The molecule has 3 N–H and O–H groups in total. The average Bonchev–Trinajstić information content (AvgIpc) is 3.60. The predicted molar refractivity (Wildman–Crippen MR) is 122 cm³/mol. The monoisotopic (exact) mass is 477 g/mol. The second kappa shape index (κ2) is 9.16. The molecule has 6 amide bonds. The topological polar surface area (TPSA) is 150 Å². The van der Waals surface area contributed by atoms with E-state index in [1.54, 1.807) is 6.07 Å². The Labute approximate surface area is 199 Å². The van der Waals surface area contributed by atoms with E-state index < -0.39 is 35.6 Å². The van der Waals surface area contributed by atoms with Crippen LogP contribution in [0.5, 0.6) is 0 Å². The van der Waals surface area contributed by atoms with Crippen LogP contribution in [0.15, 0.2) is 52.2 Å². The number of carbonyl (C=O) groups excluding carboxylic acids is 5. The van der Waals surface area contributed by atoms with Crippen molar-refractivity contribution in [1.82, 2.24) is 15.6 Å². The summed E-state index contributed by atoms with van der Waals surface area (Å²) in [7, 11) is 0. The molecule has 11 heteroatoms. The Morgan fingerprint density at radius 2 is 1.86 bits per heavy atom. The minimum Gasteiger partial charge on any atom is -0.459 e. The van der Waals surface area contributed by atoms with Crippen molar-refractivity contribution in [3.63, 3.8) is 0 Å². The lowest BCUT2D eigenvalue weighted by molar-refractivity contribution is -0.141. The molecule has 4 atom stereocenters. The van der Waals surface area contributed by atoms with Crippen LogP contribution < -0.4 is 16.1 Å². The molecule has 180 valence electrons. The maximum Gasteiger partial charge on any atom is 0.331 e. The molecule has 0 radical (unpaired) electrons. The van der Waals surface area contributed by atoms with Gasteiger partial charge in [0.15, 0.2) is 11.7 Å². The summed E-state index contributed by atoms with van der Waals surface area (Å²) in [5.74, 6) is -2.75. The molecule has 0 unspecified atom stereocenters. The van der Waals surface area contributed by atoms with Crippen LogP contribution in [0.2, 0.25) is 0 Å². The summed E-state index contributed by atoms with van der Waals surface area (Å²) < 4.78 is 5.03. The van der Waals surface area contributed by atoms with Gasteiger partial charge in [-0.05, 0) is 67.5 Å². The van der Waals surface area contributed by atoms with Crippen LogP contribution >= 0.6 is 0 Å². The highest BCUT2D eigenvalue weighted by Crippen LogP contribution is 2.47. The summed E-state index contributed by atoms with van der Waals surface area (Å²) >= 11 is 0. The first kappa shape index (κ1) is 22.5. The van der Waals surface area contributed by atoms with Crippen LogP contribution in [0.25, 0.3) is 0 Å². The molecule has 1 saturated heterocycles. The number of anilines is 1. The summed E-state index contributed by atoms with van der Waals surface area (Å²) in [6, 6.07) is 8.28. The van der Waals surface area contributed by atoms with Crippen molar-refractivity contribution in [2.45, 2.75) is 31.7 Å². The summed E-state index contributed by atoms with van der Waals surface area (Å²) in [6.07, 6.45) is 6.27. The van der Waals surface area contributed by atoms with E-state index in [0.717, 1.165) is 31.9 Å². The lowest BCUT2D eigenvalue weighted by Gasteiger charge is -2.36. The van der Waals surface area contributed by atoms with E-state index in [1.165, 1.54) is 41.5 Å². The lowest BCUT2D eigenvalue weighted by Crippen LogP contribution is -2.62. The number of amides is 6. The molecule has 5 rings (SSSR count).